The summed E-state index contributed by atoms with van der Waals surface area (Å²) in [5.41, 5.74) is 3.09. The molecule has 4 aliphatic rings. The summed E-state index contributed by atoms with van der Waals surface area (Å²) in [6.45, 7) is 1.87. The molecule has 8 rings (SSSR count). The second kappa shape index (κ2) is 19.4. The van der Waals surface area contributed by atoms with Crippen LogP contribution in [0.5, 0.6) is 11.5 Å². The van der Waals surface area contributed by atoms with Crippen molar-refractivity contribution in [3.05, 3.63) is 129 Å². The van der Waals surface area contributed by atoms with Crippen LogP contribution < -0.4 is 20.1 Å². The van der Waals surface area contributed by atoms with Crippen molar-refractivity contribution >= 4 is 46.6 Å². The molecule has 57 heavy (non-hydrogen) atoms. The molecule has 2 amide bonds. The fourth-order valence-corrected chi connectivity index (χ4v) is 9.38. The van der Waals surface area contributed by atoms with Crippen LogP contribution in [-0.2, 0) is 22.7 Å². The number of carbonyl (C=O) groups excluding carboxylic acids is 2. The van der Waals surface area contributed by atoms with Crippen molar-refractivity contribution in [2.75, 3.05) is 13.2 Å². The molecule has 4 aromatic rings. The normalized spacial score (nSPS) is 23.8. The van der Waals surface area contributed by atoms with E-state index in [0.29, 0.717) is 46.3 Å². The zero-order chi connectivity index (χ0) is 39.7. The molecule has 4 bridgehead atoms. The number of nitrogens with zero attached hydrogens (tertiary/aromatic N) is 3. The molecule has 0 spiro atoms. The number of hydrogen-bond donors (Lipinski definition) is 2. The third kappa shape index (κ3) is 11.4. The van der Waals surface area contributed by atoms with Crippen molar-refractivity contribution < 1.29 is 19.1 Å². The number of nitrogens with one attached hydrogen (secondary N) is 2. The van der Waals surface area contributed by atoms with Crippen LogP contribution in [-0.4, -0.2) is 71.1 Å². The van der Waals surface area contributed by atoms with E-state index in [1.54, 1.807) is 42.5 Å². The monoisotopic (exact) mass is 827 g/mol. The number of piperidine rings is 2. The first-order chi connectivity index (χ1) is 27.7. The summed E-state index contributed by atoms with van der Waals surface area (Å²) in [7, 11) is 0. The molecule has 0 aromatic heterocycles. The average molecular weight is 829 g/mol. The van der Waals surface area contributed by atoms with Crippen LogP contribution in [0.15, 0.2) is 97.1 Å². The van der Waals surface area contributed by atoms with E-state index in [1.165, 1.54) is 36.8 Å². The number of fused-ring (bicyclic) bond motifs is 4. The van der Waals surface area contributed by atoms with Gasteiger partial charge in [0.05, 0.1) is 11.6 Å². The molecule has 4 fully saturated rings. The number of benzene rings is 4. The van der Waals surface area contributed by atoms with Crippen LogP contribution in [0.3, 0.4) is 0 Å². The Morgan fingerprint density at radius 3 is 1.44 bits per heavy atom. The lowest BCUT2D eigenvalue weighted by Gasteiger charge is -2.39. The molecule has 4 heterocycles. The van der Waals surface area contributed by atoms with Crippen LogP contribution in [0, 0.1) is 11.3 Å². The molecule has 0 aliphatic carbocycles. The highest BCUT2D eigenvalue weighted by Gasteiger charge is 2.42. The topological polar surface area (TPSA) is 107 Å². The van der Waals surface area contributed by atoms with Crippen molar-refractivity contribution in [2.24, 2.45) is 0 Å². The number of halogens is 3. The van der Waals surface area contributed by atoms with E-state index in [4.69, 9.17) is 49.5 Å². The Morgan fingerprint density at radius 1 is 0.596 bits per heavy atom. The molecule has 298 valence electrons. The van der Waals surface area contributed by atoms with Crippen LogP contribution in [0.25, 0.3) is 0 Å². The van der Waals surface area contributed by atoms with Gasteiger partial charge in [-0.15, -0.1) is 0 Å². The van der Waals surface area contributed by atoms with Crippen LogP contribution >= 0.6 is 34.8 Å². The van der Waals surface area contributed by atoms with Crippen molar-refractivity contribution in [2.45, 2.75) is 101 Å². The van der Waals surface area contributed by atoms with Crippen molar-refractivity contribution in [3.8, 4) is 17.6 Å². The summed E-state index contributed by atoms with van der Waals surface area (Å²) < 4.78 is 11.1. The molecule has 0 saturated carbocycles. The molecule has 4 aromatic carbocycles. The summed E-state index contributed by atoms with van der Waals surface area (Å²) in [6.07, 6.45) is 8.69. The summed E-state index contributed by atoms with van der Waals surface area (Å²) >= 11 is 17.9. The Morgan fingerprint density at radius 2 is 1.02 bits per heavy atom. The van der Waals surface area contributed by atoms with Gasteiger partial charge in [-0.2, -0.15) is 5.26 Å². The summed E-state index contributed by atoms with van der Waals surface area (Å²) in [6, 6.07) is 34.7. The van der Waals surface area contributed by atoms with Gasteiger partial charge < -0.3 is 20.1 Å². The molecular formula is C45H48Cl3N5O4. The summed E-state index contributed by atoms with van der Waals surface area (Å²) in [5.74, 6) is 0.969. The fourth-order valence-electron chi connectivity index (χ4n) is 8.95. The van der Waals surface area contributed by atoms with Gasteiger partial charge >= 0.3 is 0 Å². The Bertz CT molecular complexity index is 2000. The van der Waals surface area contributed by atoms with Gasteiger partial charge in [0.1, 0.15) is 11.5 Å². The highest BCUT2D eigenvalue weighted by molar-refractivity contribution is 6.31. The number of rotatable bonds is 12. The minimum absolute atomic E-state index is 0.0145. The lowest BCUT2D eigenvalue weighted by atomic mass is 9.96. The molecule has 2 N–H and O–H groups in total. The number of hydrogen-bond acceptors (Lipinski definition) is 7. The van der Waals surface area contributed by atoms with E-state index in [0.717, 1.165) is 48.8 Å². The van der Waals surface area contributed by atoms with E-state index >= 15 is 0 Å². The second-order valence-electron chi connectivity index (χ2n) is 15.5. The molecular weight excluding hydrogens is 781 g/mol. The van der Waals surface area contributed by atoms with Gasteiger partial charge in [-0.25, -0.2) is 0 Å². The molecule has 4 saturated heterocycles. The number of amides is 2. The Kier molecular flexibility index (Phi) is 13.9. The maximum atomic E-state index is 12.4. The lowest BCUT2D eigenvalue weighted by molar-refractivity contribution is -0.125. The number of ether oxygens (including phenoxy) is 2. The van der Waals surface area contributed by atoms with E-state index in [1.807, 2.05) is 30.3 Å². The highest BCUT2D eigenvalue weighted by Crippen LogP contribution is 2.38. The molecule has 4 aliphatic heterocycles. The van der Waals surface area contributed by atoms with Crippen molar-refractivity contribution in [3.63, 3.8) is 0 Å². The molecule has 0 radical (unpaired) electrons. The summed E-state index contributed by atoms with van der Waals surface area (Å²) in [5, 5.41) is 17.4. The van der Waals surface area contributed by atoms with Gasteiger partial charge in [-0.1, -0.05) is 71.2 Å². The van der Waals surface area contributed by atoms with E-state index in [2.05, 4.69) is 50.8 Å². The third-order valence-corrected chi connectivity index (χ3v) is 12.3. The first-order valence-corrected chi connectivity index (χ1v) is 20.9. The quantitative estimate of drug-likeness (QED) is 0.147. The van der Waals surface area contributed by atoms with Crippen molar-refractivity contribution in [1.29, 1.82) is 5.26 Å². The maximum absolute atomic E-state index is 12.4. The number of nitriles is 1. The second-order valence-corrected chi connectivity index (χ2v) is 16.8. The minimum atomic E-state index is -0.108. The smallest absolute Gasteiger partial charge is 0.258 e. The van der Waals surface area contributed by atoms with E-state index in [-0.39, 0.29) is 37.1 Å². The SMILES string of the molecule is N#Cc1cccc(OCC(=O)NC2CC3CCC(C2)N3Cc2ccc(Cl)cc2)c1.O=C(COc1cccc(Cl)c1)NC1CC2CCC(C1)N2Cc1ccc(Cl)cc1. The van der Waals surface area contributed by atoms with Crippen molar-refractivity contribution in [1.82, 2.24) is 20.4 Å². The Hall–Kier alpha value is -4.30. The molecule has 4 atom stereocenters. The minimum Gasteiger partial charge on any atom is -0.484 e. The van der Waals surface area contributed by atoms with Gasteiger partial charge in [0.25, 0.3) is 11.8 Å². The zero-order valence-electron chi connectivity index (χ0n) is 31.8. The maximum Gasteiger partial charge on any atom is 0.258 e. The van der Waals surface area contributed by atoms with E-state index < -0.39 is 0 Å². The van der Waals surface area contributed by atoms with Gasteiger partial charge in [0.15, 0.2) is 13.2 Å². The first kappa shape index (κ1) is 40.9. The van der Waals surface area contributed by atoms with Gasteiger partial charge in [0.2, 0.25) is 0 Å². The van der Waals surface area contributed by atoms with Crippen LogP contribution in [0.2, 0.25) is 15.1 Å². The summed E-state index contributed by atoms with van der Waals surface area (Å²) in [4.78, 5) is 29.8. The molecule has 12 heteroatoms. The standard InChI is InChI=1S/C23H24ClN3O2.C22H24Cl2N2O2/c24-18-6-4-16(5-7-18)14-27-20-8-9-21(27)12-19(11-20)26-23(28)15-29-22-3-1-2-17(10-22)13-25;23-16-6-4-15(5-7-16)13-26-19-8-9-20(26)12-18(11-19)25-22(27)14-28-21-3-1-2-17(24)10-21/h1-7,10,19-21H,8-9,11-12,14-15H2,(H,26,28);1-7,10,18-20H,8-9,11-14H2,(H,25,27). The Labute approximate surface area is 350 Å². The third-order valence-electron chi connectivity index (χ3n) is 11.6. The Balaban J connectivity index is 0.000000174. The first-order valence-electron chi connectivity index (χ1n) is 19.8. The van der Waals surface area contributed by atoms with Gasteiger partial charge in [-0.3, -0.25) is 19.4 Å². The average Bonchev–Trinajstić information content (AvgIpc) is 3.57. The predicted octanol–water partition coefficient (Wildman–Crippen LogP) is 8.59. The zero-order valence-corrected chi connectivity index (χ0v) is 34.1. The largest absolute Gasteiger partial charge is 0.484 e. The van der Waals surface area contributed by atoms with Crippen LogP contribution in [0.1, 0.15) is 68.1 Å². The molecule has 9 nitrogen and oxygen atoms in total. The predicted molar refractivity (Wildman–Crippen MR) is 224 cm³/mol. The molecule has 4 unspecified atom stereocenters. The highest BCUT2D eigenvalue weighted by atomic mass is 35.5. The fraction of sp³-hybridized carbons (Fsp3) is 0.400. The van der Waals surface area contributed by atoms with E-state index in [9.17, 15) is 9.59 Å². The van der Waals surface area contributed by atoms with Gasteiger partial charge in [0, 0.05) is 64.4 Å². The van der Waals surface area contributed by atoms with Gasteiger partial charge in [-0.05, 0) is 123 Å². The number of carbonyl (C=O) groups is 2. The lowest BCUT2D eigenvalue weighted by Crippen LogP contribution is -2.50. The van der Waals surface area contributed by atoms with Crippen LogP contribution in [0.4, 0.5) is 0 Å².